The second-order valence-electron chi connectivity index (χ2n) is 4.41. The van der Waals surface area contributed by atoms with E-state index in [1.807, 2.05) is 53.9 Å². The molecule has 0 bridgehead atoms. The summed E-state index contributed by atoms with van der Waals surface area (Å²) in [6.07, 6.45) is 1.94. The summed E-state index contributed by atoms with van der Waals surface area (Å²) in [7, 11) is 1.65. The third kappa shape index (κ3) is 2.06. The monoisotopic (exact) mass is 272 g/mol. The lowest BCUT2D eigenvalue weighted by Gasteiger charge is -2.01. The Morgan fingerprint density at radius 2 is 1.89 bits per heavy atom. The quantitative estimate of drug-likeness (QED) is 0.706. The summed E-state index contributed by atoms with van der Waals surface area (Å²) in [6, 6.07) is 11.7. The van der Waals surface area contributed by atoms with Crippen molar-refractivity contribution in [2.24, 2.45) is 0 Å². The van der Waals surface area contributed by atoms with Gasteiger partial charge in [-0.2, -0.15) is 0 Å². The average molecular weight is 273 g/mol. The van der Waals surface area contributed by atoms with Crippen molar-refractivity contribution in [2.75, 3.05) is 7.11 Å². The maximum Gasteiger partial charge on any atom is 0.141 e. The van der Waals surface area contributed by atoms with Crippen LogP contribution in [0.3, 0.4) is 0 Å². The molecule has 0 aliphatic carbocycles. The first-order chi connectivity index (χ1) is 9.19. The van der Waals surface area contributed by atoms with Gasteiger partial charge in [-0.15, -0.1) is 0 Å². The molecule has 1 aromatic carbocycles. The van der Waals surface area contributed by atoms with E-state index < -0.39 is 0 Å². The lowest BCUT2D eigenvalue weighted by Crippen LogP contribution is -1.84. The van der Waals surface area contributed by atoms with Crippen molar-refractivity contribution in [3.63, 3.8) is 0 Å². The van der Waals surface area contributed by atoms with Crippen LogP contribution in [0.15, 0.2) is 42.6 Å². The molecule has 0 saturated heterocycles. The van der Waals surface area contributed by atoms with E-state index in [4.69, 9.17) is 16.3 Å². The molecule has 0 aliphatic heterocycles. The van der Waals surface area contributed by atoms with Gasteiger partial charge in [-0.1, -0.05) is 11.6 Å². The summed E-state index contributed by atoms with van der Waals surface area (Å²) in [5.41, 5.74) is 3.79. The summed E-state index contributed by atoms with van der Waals surface area (Å²) in [5.74, 6) is 0.819. The minimum absolute atomic E-state index is 0.625. The smallest absolute Gasteiger partial charge is 0.141 e. The second-order valence-corrected chi connectivity index (χ2v) is 4.77. The number of nitrogens with zero attached hydrogens (tertiary/aromatic N) is 2. The normalized spacial score (nSPS) is 10.9. The number of hydrogen-bond acceptors (Lipinski definition) is 2. The molecule has 0 unspecified atom stereocenters. The average Bonchev–Trinajstić information content (AvgIpc) is 2.75. The number of halogens is 1. The number of rotatable bonds is 2. The van der Waals surface area contributed by atoms with Gasteiger partial charge in [0.05, 0.1) is 7.11 Å². The molecule has 4 heteroatoms. The van der Waals surface area contributed by atoms with Gasteiger partial charge in [0.25, 0.3) is 0 Å². The van der Waals surface area contributed by atoms with Crippen molar-refractivity contribution in [1.82, 2.24) is 9.38 Å². The zero-order valence-corrected chi connectivity index (χ0v) is 11.5. The molecule has 0 saturated carbocycles. The van der Waals surface area contributed by atoms with Crippen LogP contribution in [0.4, 0.5) is 0 Å². The van der Waals surface area contributed by atoms with Crippen molar-refractivity contribution in [1.29, 1.82) is 0 Å². The highest BCUT2D eigenvalue weighted by Crippen LogP contribution is 2.29. The predicted octanol–water partition coefficient (Wildman–Crippen LogP) is 3.97. The Balaban J connectivity index is 2.15. The molecule has 0 N–H and O–H groups in total. The van der Waals surface area contributed by atoms with E-state index in [1.54, 1.807) is 7.11 Å². The van der Waals surface area contributed by atoms with Crippen LogP contribution in [0.5, 0.6) is 5.75 Å². The van der Waals surface area contributed by atoms with Crippen LogP contribution in [0.2, 0.25) is 5.15 Å². The third-order valence-electron chi connectivity index (χ3n) is 3.09. The summed E-state index contributed by atoms with van der Waals surface area (Å²) < 4.78 is 7.03. The first kappa shape index (κ1) is 12.1. The van der Waals surface area contributed by atoms with E-state index in [0.717, 1.165) is 28.2 Å². The Hall–Kier alpha value is -2.00. The number of benzene rings is 1. The minimum Gasteiger partial charge on any atom is -0.497 e. The molecule has 0 fully saturated rings. The number of aryl methyl sites for hydroxylation is 1. The first-order valence-corrected chi connectivity index (χ1v) is 6.35. The van der Waals surface area contributed by atoms with E-state index in [-0.39, 0.29) is 0 Å². The van der Waals surface area contributed by atoms with Crippen molar-refractivity contribution in [3.05, 3.63) is 53.3 Å². The number of imidazole rings is 1. The Morgan fingerprint density at radius 3 is 2.58 bits per heavy atom. The summed E-state index contributed by atoms with van der Waals surface area (Å²) in [5, 5.41) is 0.625. The third-order valence-corrected chi connectivity index (χ3v) is 3.45. The fraction of sp³-hybridized carbons (Fsp3) is 0.133. The standard InChI is InChI=1S/C15H13ClN2O/c1-10-7-8-18-13(9-10)17-14(15(18)16)11-3-5-12(19-2)6-4-11/h3-9H,1-2H3. The molecule has 2 heterocycles. The van der Waals surface area contributed by atoms with E-state index in [0.29, 0.717) is 5.15 Å². The second kappa shape index (κ2) is 4.59. The van der Waals surface area contributed by atoms with E-state index >= 15 is 0 Å². The fourth-order valence-electron chi connectivity index (χ4n) is 2.05. The first-order valence-electron chi connectivity index (χ1n) is 5.97. The maximum absolute atomic E-state index is 6.39. The predicted molar refractivity (Wildman–Crippen MR) is 76.9 cm³/mol. The molecule has 2 aromatic heterocycles. The Morgan fingerprint density at radius 1 is 1.16 bits per heavy atom. The van der Waals surface area contributed by atoms with Crippen LogP contribution < -0.4 is 4.74 Å². The Bertz CT molecular complexity index is 732. The number of ether oxygens (including phenoxy) is 1. The highest BCUT2D eigenvalue weighted by Gasteiger charge is 2.12. The molecule has 3 rings (SSSR count). The van der Waals surface area contributed by atoms with Gasteiger partial charge in [-0.3, -0.25) is 4.40 Å². The van der Waals surface area contributed by atoms with Crippen LogP contribution in [0.25, 0.3) is 16.9 Å². The van der Waals surface area contributed by atoms with Gasteiger partial charge >= 0.3 is 0 Å². The highest BCUT2D eigenvalue weighted by molar-refractivity contribution is 6.32. The Labute approximate surface area is 116 Å². The van der Waals surface area contributed by atoms with E-state index in [9.17, 15) is 0 Å². The topological polar surface area (TPSA) is 26.5 Å². The number of methoxy groups -OCH3 is 1. The molecule has 19 heavy (non-hydrogen) atoms. The van der Waals surface area contributed by atoms with Crippen LogP contribution in [0.1, 0.15) is 5.56 Å². The molecule has 3 aromatic rings. The molecular formula is C15H13ClN2O. The minimum atomic E-state index is 0.625. The van der Waals surface area contributed by atoms with Crippen LogP contribution >= 0.6 is 11.6 Å². The Kier molecular flexibility index (Phi) is 2.91. The van der Waals surface area contributed by atoms with E-state index in [1.165, 1.54) is 0 Å². The van der Waals surface area contributed by atoms with Gasteiger partial charge < -0.3 is 4.74 Å². The van der Waals surface area contributed by atoms with Crippen LogP contribution in [-0.4, -0.2) is 16.5 Å². The van der Waals surface area contributed by atoms with Gasteiger partial charge in [0.2, 0.25) is 0 Å². The molecular weight excluding hydrogens is 260 g/mol. The van der Waals surface area contributed by atoms with Gasteiger partial charge in [0.1, 0.15) is 22.2 Å². The molecule has 96 valence electrons. The highest BCUT2D eigenvalue weighted by atomic mass is 35.5. The van der Waals surface area contributed by atoms with E-state index in [2.05, 4.69) is 4.98 Å². The van der Waals surface area contributed by atoms with Crippen LogP contribution in [0, 0.1) is 6.92 Å². The van der Waals surface area contributed by atoms with Gasteiger partial charge in [0.15, 0.2) is 0 Å². The zero-order valence-electron chi connectivity index (χ0n) is 10.7. The fourth-order valence-corrected chi connectivity index (χ4v) is 2.34. The summed E-state index contributed by atoms with van der Waals surface area (Å²) >= 11 is 6.39. The molecule has 0 spiro atoms. The zero-order chi connectivity index (χ0) is 13.4. The lowest BCUT2D eigenvalue weighted by atomic mass is 10.1. The maximum atomic E-state index is 6.39. The molecule has 0 atom stereocenters. The van der Waals surface area contributed by atoms with Gasteiger partial charge in [-0.25, -0.2) is 4.98 Å². The largest absolute Gasteiger partial charge is 0.497 e. The summed E-state index contributed by atoms with van der Waals surface area (Å²) in [6.45, 7) is 2.04. The number of aromatic nitrogens is 2. The molecule has 0 aliphatic rings. The molecule has 0 radical (unpaired) electrons. The number of fused-ring (bicyclic) bond motifs is 1. The molecule has 3 nitrogen and oxygen atoms in total. The van der Waals surface area contributed by atoms with Gasteiger partial charge in [-0.05, 0) is 48.9 Å². The van der Waals surface area contributed by atoms with Gasteiger partial charge in [0, 0.05) is 11.8 Å². The van der Waals surface area contributed by atoms with Crippen molar-refractivity contribution in [3.8, 4) is 17.0 Å². The van der Waals surface area contributed by atoms with Crippen LogP contribution in [-0.2, 0) is 0 Å². The number of pyridine rings is 1. The number of hydrogen-bond donors (Lipinski definition) is 0. The van der Waals surface area contributed by atoms with Crippen molar-refractivity contribution in [2.45, 2.75) is 6.92 Å². The van der Waals surface area contributed by atoms with Crippen molar-refractivity contribution < 1.29 is 4.74 Å². The lowest BCUT2D eigenvalue weighted by molar-refractivity contribution is 0.415. The molecule has 0 amide bonds. The summed E-state index contributed by atoms with van der Waals surface area (Å²) in [4.78, 5) is 4.59. The SMILES string of the molecule is COc1ccc(-c2nc3cc(C)ccn3c2Cl)cc1. The van der Waals surface area contributed by atoms with Crippen molar-refractivity contribution >= 4 is 17.2 Å².